The Kier molecular flexibility index (Phi) is 36.3. The van der Waals surface area contributed by atoms with E-state index in [4.69, 9.17) is 37.7 Å². The Morgan fingerprint density at radius 2 is 1.07 bits per heavy atom. The fourth-order valence-corrected chi connectivity index (χ4v) is 11.4. The number of ether oxygens (including phenoxy) is 2. The summed E-state index contributed by atoms with van der Waals surface area (Å²) in [6.07, 6.45) is 11.7. The first-order valence-electron chi connectivity index (χ1n) is 28.4. The van der Waals surface area contributed by atoms with E-state index < -0.39 is 71.2 Å². The molecule has 0 saturated heterocycles. The van der Waals surface area contributed by atoms with Crippen LogP contribution in [0.2, 0.25) is 0 Å². The van der Waals surface area contributed by atoms with Crippen molar-refractivity contribution in [2.24, 2.45) is 39.6 Å². The number of hydrogen-bond donors (Lipinski definition) is 4. The molecule has 0 amide bonds. The van der Waals surface area contributed by atoms with Crippen LogP contribution in [0.15, 0.2) is 50.3 Å². The number of halogens is 1. The number of unbranched alkanes of at least 4 members (excludes halogenated alkanes) is 2. The summed E-state index contributed by atoms with van der Waals surface area (Å²) in [6, 6.07) is 0. The van der Waals surface area contributed by atoms with E-state index in [-0.39, 0.29) is 65.8 Å². The molecule has 0 aromatic carbocycles. The molecule has 4 rings (SSSR count). The molecule has 2 aliphatic rings. The van der Waals surface area contributed by atoms with Gasteiger partial charge in [0.2, 0.25) is 0 Å². The van der Waals surface area contributed by atoms with Crippen LogP contribution in [0.25, 0.3) is 38.6 Å². The molecule has 10 atom stereocenters. The first-order chi connectivity index (χ1) is 38.1. The largest absolute Gasteiger partial charge is 1.00 e. The van der Waals surface area contributed by atoms with E-state index in [1.54, 1.807) is 50.4 Å². The van der Waals surface area contributed by atoms with Crippen LogP contribution in [0.5, 0.6) is 0 Å². The maximum atomic E-state index is 13.8. The average Bonchev–Trinajstić information content (AvgIpc) is 4.12. The molecule has 0 radical (unpaired) electrons. The van der Waals surface area contributed by atoms with Gasteiger partial charge in [0.25, 0.3) is 0 Å². The third-order valence-electron chi connectivity index (χ3n) is 15.7. The summed E-state index contributed by atoms with van der Waals surface area (Å²) in [4.78, 5) is 66.9. The number of nitrogens with zero attached hydrogens (tertiary/aromatic N) is 8. The third kappa shape index (κ3) is 26.3. The van der Waals surface area contributed by atoms with Gasteiger partial charge in [-0.3, -0.25) is 24.1 Å². The number of carbonyl (C=O) groups is 4. The van der Waals surface area contributed by atoms with Crippen LogP contribution in [0.3, 0.4) is 0 Å². The number of Topliss-reactive ketones (excluding diaryl/α,β-unsaturated/α-hetero) is 2. The number of aromatic nitrogens is 2. The Bertz CT molecular complexity index is 2540. The summed E-state index contributed by atoms with van der Waals surface area (Å²) in [5.74, 6) is -2.67. The maximum Gasteiger partial charge on any atom is 1.00 e. The van der Waals surface area contributed by atoms with Crippen molar-refractivity contribution in [2.45, 2.75) is 222 Å². The molecular weight excluding hydrogens is 1120 g/mol. The van der Waals surface area contributed by atoms with Crippen molar-refractivity contribution in [3.8, 4) is 0 Å². The zero-order chi connectivity index (χ0) is 61.0. The summed E-state index contributed by atoms with van der Waals surface area (Å²) < 4.78 is 11.7. The van der Waals surface area contributed by atoms with E-state index in [2.05, 4.69) is 39.1 Å². The van der Waals surface area contributed by atoms with Gasteiger partial charge >= 0.3 is 41.5 Å². The molecule has 18 nitrogen and oxygen atoms in total. The number of aliphatic hydroxyl groups excluding tert-OH is 4. The number of alkyl halides is 1. The van der Waals surface area contributed by atoms with Crippen LogP contribution in [-0.4, -0.2) is 103 Å². The fraction of sp³-hybridized carbons (Fsp3) is 0.700. The molecule has 4 heterocycles. The molecule has 0 fully saturated rings. The Labute approximate surface area is 522 Å². The predicted molar refractivity (Wildman–Crippen MR) is 324 cm³/mol. The van der Waals surface area contributed by atoms with Crippen LogP contribution in [0, 0.1) is 48.3 Å². The monoisotopic (exact) mass is 1210 g/mol. The summed E-state index contributed by atoms with van der Waals surface area (Å²) in [5, 5.41) is 54.1. The van der Waals surface area contributed by atoms with Crippen molar-refractivity contribution in [2.75, 3.05) is 12.4 Å². The van der Waals surface area contributed by atoms with Gasteiger partial charge in [-0.25, -0.2) is 9.97 Å². The average molecular weight is 1210 g/mol. The van der Waals surface area contributed by atoms with Crippen molar-refractivity contribution in [3.05, 3.63) is 93.0 Å². The van der Waals surface area contributed by atoms with Gasteiger partial charge in [0.1, 0.15) is 23.8 Å². The zero-order valence-electron chi connectivity index (χ0n) is 51.0. The summed E-state index contributed by atoms with van der Waals surface area (Å²) >= 11 is 8.98. The maximum absolute atomic E-state index is 13.8. The first kappa shape index (κ1) is 76.3. The molecule has 4 N–H and O–H groups in total. The molecule has 22 heteroatoms. The summed E-state index contributed by atoms with van der Waals surface area (Å²) in [5.41, 5.74) is 25.2. The second kappa shape index (κ2) is 39.0. The second-order valence-electron chi connectivity index (χ2n) is 23.2. The smallest absolute Gasteiger partial charge is 0.457 e. The van der Waals surface area contributed by atoms with Gasteiger partial charge in [0.05, 0.1) is 69.5 Å². The number of ketones is 2. The van der Waals surface area contributed by atoms with Gasteiger partial charge in [0, 0.05) is 52.8 Å². The van der Waals surface area contributed by atoms with Crippen molar-refractivity contribution < 1.29 is 78.6 Å². The molecule has 0 spiro atoms. The molecule has 0 saturated carbocycles. The quantitative estimate of drug-likeness (QED) is 0.0213. The van der Waals surface area contributed by atoms with E-state index in [0.29, 0.717) is 57.4 Å². The van der Waals surface area contributed by atoms with Crippen LogP contribution in [0.4, 0.5) is 0 Å². The first-order valence-corrected chi connectivity index (χ1v) is 30.7. The molecule has 2 aliphatic heterocycles. The number of carbonyl (C=O) groups excluding carboxylic acids is 4. The molecule has 2 aromatic heterocycles. The van der Waals surface area contributed by atoms with Crippen molar-refractivity contribution in [1.29, 1.82) is 0 Å². The number of hydrogen-bond acceptors (Lipinski definition) is 15. The molecular formula is C60H92ClN8NaO10S2. The minimum absolute atomic E-state index is 0. The van der Waals surface area contributed by atoms with E-state index in [0.717, 1.165) is 77.5 Å². The number of rotatable bonds is 13. The number of esters is 2. The van der Waals surface area contributed by atoms with Gasteiger partial charge in [-0.2, -0.15) is 0 Å². The minimum atomic E-state index is -1.28. The molecule has 452 valence electrons. The Morgan fingerprint density at radius 1 is 0.695 bits per heavy atom. The van der Waals surface area contributed by atoms with Gasteiger partial charge in [0.15, 0.2) is 0 Å². The number of allylic oxidation sites excluding steroid dienone is 2. The third-order valence-corrected chi connectivity index (χ3v) is 17.6. The molecule has 2 aromatic rings. The predicted octanol–water partition coefficient (Wildman–Crippen LogP) is 11.3. The molecule has 0 bridgehead atoms. The molecule has 0 aliphatic carbocycles. The van der Waals surface area contributed by atoms with Gasteiger partial charge < -0.3 is 41.0 Å². The van der Waals surface area contributed by atoms with Crippen LogP contribution < -0.4 is 29.6 Å². The SMILES string of the molecule is C/C1=C/C[C@@H](/C(C)=C/c2csc(C)n2)OC(=O)C[C@H](O)C(C)(C)C(=O)[C@H](CCCCCl)[C@@H](O)[C@@H](C)CCC1.C/C1=C/C[C@@H](/C(C)=C/c2csc(C)n2)OC(=O)C[C@H](O)C(C)(C)C(=O)[C@H](CCCCN=[N+]=[N-])[C@@H](O)[C@@H](C)CCC1.[N-]=[N+]=[N-].[Na+]. The van der Waals surface area contributed by atoms with Gasteiger partial charge in [-0.15, -0.1) is 34.3 Å². The molecule has 0 unspecified atom stereocenters. The Morgan fingerprint density at radius 3 is 1.41 bits per heavy atom. The van der Waals surface area contributed by atoms with Crippen molar-refractivity contribution >= 4 is 69.9 Å². The normalized spacial score (nSPS) is 28.0. The van der Waals surface area contributed by atoms with Crippen molar-refractivity contribution in [3.63, 3.8) is 0 Å². The number of aliphatic hydroxyl groups is 4. The van der Waals surface area contributed by atoms with Crippen molar-refractivity contribution in [1.82, 2.24) is 9.97 Å². The van der Waals surface area contributed by atoms with E-state index >= 15 is 0 Å². The minimum Gasteiger partial charge on any atom is -0.457 e. The second-order valence-corrected chi connectivity index (χ2v) is 25.7. The Balaban J connectivity index is 0.000000774. The number of thiazole rings is 2. The standard InChI is InChI=1S/C30H46ClNO5S.C30H46N4O5S.N3.Na/c1-19-10-9-11-20(2)28(35)24(12-7-8-15-31)29(36)30(5,6)26(33)17-27(34)37-25(14-13-19)21(3)16-23-18-38-22(4)32-23;1-19-10-9-11-20(2)28(37)24(12-7-8-15-32-34-31)29(38)30(5,6)26(35)17-27(36)39-25(14-13-19)21(3)16-23-18-40-22(4)33-23;1-3-2;/h13,16,18,20,24-26,28,33,35H,7-12,14-15,17H2,1-6H3;13,16,18,20,24-26,28,35,37H,7-12,14-15,17H2,1-6H3;;/q;;-1;+1/b2*19-13-,21-16+;;/t2*20-,24+,25-,26-,28-;;/m00../s1. The molecule has 82 heavy (non-hydrogen) atoms. The van der Waals surface area contributed by atoms with Crippen LogP contribution in [-0.2, 0) is 28.7 Å². The van der Waals surface area contributed by atoms with E-state index in [1.807, 2.05) is 71.4 Å². The summed E-state index contributed by atoms with van der Waals surface area (Å²) in [6.45, 7) is 22.7. The van der Waals surface area contributed by atoms with Crippen LogP contribution >= 0.6 is 34.3 Å². The number of aryl methyl sites for hydroxylation is 2. The fourth-order valence-electron chi connectivity index (χ4n) is 10.0. The van der Waals surface area contributed by atoms with Gasteiger partial charge in [-0.1, -0.05) is 82.8 Å². The summed E-state index contributed by atoms with van der Waals surface area (Å²) in [7, 11) is 0. The number of cyclic esters (lactones) is 2. The Hall–Kier alpha value is -3.75. The van der Waals surface area contributed by atoms with E-state index in [9.17, 15) is 39.6 Å². The van der Waals surface area contributed by atoms with E-state index in [1.165, 1.54) is 16.1 Å². The van der Waals surface area contributed by atoms with Crippen LogP contribution in [0.1, 0.15) is 193 Å². The zero-order valence-corrected chi connectivity index (χ0v) is 55.4. The number of azide groups is 1. The van der Waals surface area contributed by atoms with Gasteiger partial charge in [-0.05, 0) is 146 Å². The topological polar surface area (TPSA) is 301 Å².